The monoisotopic (exact) mass is 474 g/mol. The van der Waals surface area contributed by atoms with Crippen molar-refractivity contribution in [3.8, 4) is 11.6 Å². The number of hydrogen-bond acceptors (Lipinski definition) is 6. The number of aryl methyl sites for hydroxylation is 1. The summed E-state index contributed by atoms with van der Waals surface area (Å²) in [5, 5.41) is 7.61. The molecule has 1 aromatic carbocycles. The van der Waals surface area contributed by atoms with Crippen LogP contribution in [0.2, 0.25) is 0 Å². The zero-order valence-corrected chi connectivity index (χ0v) is 19.8. The Bertz CT molecular complexity index is 1170. The largest absolute Gasteiger partial charge is 0.494 e. The second-order valence-corrected chi connectivity index (χ2v) is 9.10. The molecule has 1 saturated heterocycles. The van der Waals surface area contributed by atoms with Crippen LogP contribution in [-0.2, 0) is 11.2 Å². The minimum atomic E-state index is -0.268. The summed E-state index contributed by atoms with van der Waals surface area (Å²) in [7, 11) is 0. The van der Waals surface area contributed by atoms with Gasteiger partial charge in [0.1, 0.15) is 36.5 Å². The van der Waals surface area contributed by atoms with Gasteiger partial charge in [-0.2, -0.15) is 0 Å². The van der Waals surface area contributed by atoms with Gasteiger partial charge in [-0.15, -0.1) is 10.2 Å². The third-order valence-electron chi connectivity index (χ3n) is 6.70. The number of ether oxygens (including phenoxy) is 1. The van der Waals surface area contributed by atoms with Gasteiger partial charge in [-0.05, 0) is 68.4 Å². The lowest BCUT2D eigenvalue weighted by molar-refractivity contribution is -0.135. The molecular formula is C26H30N6O3. The quantitative estimate of drug-likeness (QED) is 0.567. The lowest BCUT2D eigenvalue weighted by Gasteiger charge is -2.37. The Morgan fingerprint density at radius 1 is 0.971 bits per heavy atom. The average molecular weight is 475 g/mol. The number of amides is 2. The van der Waals surface area contributed by atoms with E-state index in [4.69, 9.17) is 4.74 Å². The Hall–Kier alpha value is -3.75. The highest BCUT2D eigenvalue weighted by Crippen LogP contribution is 2.24. The first-order valence-corrected chi connectivity index (χ1v) is 12.3. The maximum Gasteiger partial charge on any atom is 0.273 e. The van der Waals surface area contributed by atoms with E-state index in [1.165, 1.54) is 18.2 Å². The molecule has 0 N–H and O–H groups in total. The Kier molecular flexibility index (Phi) is 7.02. The topological polar surface area (TPSA) is 93.4 Å². The van der Waals surface area contributed by atoms with E-state index in [9.17, 15) is 9.59 Å². The minimum absolute atomic E-state index is 0.00439. The molecule has 182 valence electrons. The van der Waals surface area contributed by atoms with E-state index in [-0.39, 0.29) is 30.1 Å². The molecule has 2 amide bonds. The van der Waals surface area contributed by atoms with Crippen LogP contribution in [0.25, 0.3) is 5.82 Å². The molecule has 0 radical (unpaired) electrons. The van der Waals surface area contributed by atoms with E-state index in [1.54, 1.807) is 27.7 Å². The molecule has 0 spiro atoms. The average Bonchev–Trinajstić information content (AvgIpc) is 3.44. The zero-order valence-electron chi connectivity index (χ0n) is 19.8. The number of hydrogen-bond donors (Lipinski definition) is 0. The van der Waals surface area contributed by atoms with Gasteiger partial charge in [0, 0.05) is 19.1 Å². The molecule has 1 unspecified atom stereocenters. The molecule has 2 aliphatic heterocycles. The minimum Gasteiger partial charge on any atom is -0.494 e. The number of carbonyl (C=O) groups excluding carboxylic acids is 2. The number of rotatable bonds is 2. The van der Waals surface area contributed by atoms with E-state index in [0.717, 1.165) is 44.4 Å². The Morgan fingerprint density at radius 2 is 1.83 bits per heavy atom. The maximum atomic E-state index is 13.5. The molecule has 1 fully saturated rings. The van der Waals surface area contributed by atoms with E-state index in [1.807, 2.05) is 17.0 Å². The summed E-state index contributed by atoms with van der Waals surface area (Å²) in [6.07, 6.45) is 8.60. The van der Waals surface area contributed by atoms with Gasteiger partial charge in [-0.1, -0.05) is 18.2 Å². The standard InChI is InChI=1S/C26H30N6O3/c33-25-17-30(26(34)23-9-4-10-24(29-23)31-18-27-28-19-31)13-5-15-35-22-8-3-6-20(16-22)11-12-21-7-1-2-14-32(21)25/h3-4,6,8-10,16,18-19,21H,1-2,5,7,11-15,17H2. The molecule has 3 aromatic rings. The molecule has 2 bridgehead atoms. The first-order valence-electron chi connectivity index (χ1n) is 12.3. The van der Waals surface area contributed by atoms with Crippen molar-refractivity contribution in [2.24, 2.45) is 0 Å². The summed E-state index contributed by atoms with van der Waals surface area (Å²) in [5.74, 6) is 1.13. The van der Waals surface area contributed by atoms with Crippen LogP contribution in [0.15, 0.2) is 55.1 Å². The molecule has 1 atom stereocenters. The van der Waals surface area contributed by atoms with Crippen LogP contribution in [0.1, 0.15) is 48.2 Å². The van der Waals surface area contributed by atoms with E-state index >= 15 is 0 Å². The van der Waals surface area contributed by atoms with Gasteiger partial charge in [0.15, 0.2) is 0 Å². The zero-order chi connectivity index (χ0) is 24.0. The molecule has 4 heterocycles. The van der Waals surface area contributed by atoms with Crippen molar-refractivity contribution in [1.29, 1.82) is 0 Å². The highest BCUT2D eigenvalue weighted by Gasteiger charge is 2.29. The van der Waals surface area contributed by atoms with Crippen molar-refractivity contribution in [2.45, 2.75) is 44.6 Å². The molecule has 9 nitrogen and oxygen atoms in total. The van der Waals surface area contributed by atoms with Crippen LogP contribution in [-0.4, -0.2) is 73.6 Å². The van der Waals surface area contributed by atoms with E-state index in [2.05, 4.69) is 27.3 Å². The van der Waals surface area contributed by atoms with E-state index in [0.29, 0.717) is 25.4 Å². The van der Waals surface area contributed by atoms with Crippen molar-refractivity contribution >= 4 is 11.8 Å². The molecule has 5 rings (SSSR count). The summed E-state index contributed by atoms with van der Waals surface area (Å²) in [6, 6.07) is 13.6. The number of benzene rings is 1. The van der Waals surface area contributed by atoms with Crippen molar-refractivity contribution in [2.75, 3.05) is 26.2 Å². The highest BCUT2D eigenvalue weighted by atomic mass is 16.5. The Balaban J connectivity index is 1.39. The second kappa shape index (κ2) is 10.7. The lowest BCUT2D eigenvalue weighted by Crippen LogP contribution is -2.49. The van der Waals surface area contributed by atoms with Crippen molar-refractivity contribution in [3.63, 3.8) is 0 Å². The highest BCUT2D eigenvalue weighted by molar-refractivity contribution is 5.95. The van der Waals surface area contributed by atoms with Crippen LogP contribution in [0, 0.1) is 0 Å². The van der Waals surface area contributed by atoms with Crippen molar-refractivity contribution < 1.29 is 14.3 Å². The van der Waals surface area contributed by atoms with Crippen molar-refractivity contribution in [1.82, 2.24) is 29.5 Å². The molecule has 0 aliphatic carbocycles. The van der Waals surface area contributed by atoms with Gasteiger partial charge in [0.25, 0.3) is 5.91 Å². The number of nitrogens with zero attached hydrogens (tertiary/aromatic N) is 6. The second-order valence-electron chi connectivity index (χ2n) is 9.10. The van der Waals surface area contributed by atoms with Crippen LogP contribution in [0.5, 0.6) is 5.75 Å². The van der Waals surface area contributed by atoms with Crippen LogP contribution in [0.3, 0.4) is 0 Å². The maximum absolute atomic E-state index is 13.5. The number of aromatic nitrogens is 4. The van der Waals surface area contributed by atoms with Crippen molar-refractivity contribution in [3.05, 3.63) is 66.4 Å². The molecular weight excluding hydrogens is 444 g/mol. The normalized spacial score (nSPS) is 19.4. The number of fused-ring (bicyclic) bond motifs is 3. The third kappa shape index (κ3) is 5.50. The summed E-state index contributed by atoms with van der Waals surface area (Å²) in [4.78, 5) is 35.1. The molecule has 9 heteroatoms. The number of carbonyl (C=O) groups is 2. The van der Waals surface area contributed by atoms with Crippen LogP contribution < -0.4 is 4.74 Å². The van der Waals surface area contributed by atoms with Gasteiger partial charge < -0.3 is 14.5 Å². The van der Waals surface area contributed by atoms with Gasteiger partial charge in [0.05, 0.1) is 6.61 Å². The lowest BCUT2D eigenvalue weighted by atomic mass is 9.95. The number of piperidine rings is 1. The Morgan fingerprint density at radius 3 is 2.71 bits per heavy atom. The first-order chi connectivity index (χ1) is 17.2. The third-order valence-corrected chi connectivity index (χ3v) is 6.70. The fourth-order valence-electron chi connectivity index (χ4n) is 4.87. The van der Waals surface area contributed by atoms with Gasteiger partial charge >= 0.3 is 0 Å². The number of pyridine rings is 1. The van der Waals surface area contributed by atoms with Crippen LogP contribution in [0.4, 0.5) is 0 Å². The SMILES string of the molecule is O=C(c1cccc(-n2cnnc2)n1)N1CCCOc2cccc(c2)CCC2CCCCN2C(=O)C1. The molecule has 2 aliphatic rings. The summed E-state index contributed by atoms with van der Waals surface area (Å²) in [5.41, 5.74) is 1.52. The fourth-order valence-corrected chi connectivity index (χ4v) is 4.87. The predicted octanol–water partition coefficient (Wildman–Crippen LogP) is 2.90. The molecule has 2 aromatic heterocycles. The fraction of sp³-hybridized carbons (Fsp3) is 0.423. The van der Waals surface area contributed by atoms with E-state index < -0.39 is 0 Å². The summed E-state index contributed by atoms with van der Waals surface area (Å²) < 4.78 is 7.60. The van der Waals surface area contributed by atoms with Gasteiger partial charge in [0.2, 0.25) is 5.91 Å². The smallest absolute Gasteiger partial charge is 0.273 e. The van der Waals surface area contributed by atoms with Crippen LogP contribution >= 0.6 is 0 Å². The summed E-state index contributed by atoms with van der Waals surface area (Å²) >= 11 is 0. The predicted molar refractivity (Wildman–Crippen MR) is 129 cm³/mol. The molecule has 0 saturated carbocycles. The summed E-state index contributed by atoms with van der Waals surface area (Å²) in [6.45, 7) is 1.65. The first kappa shape index (κ1) is 23.0. The van der Waals surface area contributed by atoms with Gasteiger partial charge in [-0.3, -0.25) is 14.2 Å². The Labute approximate surface area is 204 Å². The molecule has 35 heavy (non-hydrogen) atoms. The van der Waals surface area contributed by atoms with Gasteiger partial charge in [-0.25, -0.2) is 4.98 Å².